The van der Waals surface area contributed by atoms with Crippen molar-refractivity contribution < 1.29 is 23.8 Å². The van der Waals surface area contributed by atoms with E-state index in [4.69, 9.17) is 13.9 Å². The number of benzene rings is 2. The molecule has 3 fully saturated rings. The van der Waals surface area contributed by atoms with Crippen LogP contribution in [0.2, 0.25) is 0 Å². The Morgan fingerprint density at radius 3 is 2.56 bits per heavy atom. The number of esters is 1. The van der Waals surface area contributed by atoms with E-state index in [1.165, 1.54) is 69.1 Å². The number of hydrogen-bond acceptors (Lipinski definition) is 6. The summed E-state index contributed by atoms with van der Waals surface area (Å²) >= 11 is 0. The van der Waals surface area contributed by atoms with Gasteiger partial charge in [-0.15, -0.1) is 0 Å². The topological polar surface area (TPSA) is 86.0 Å². The lowest BCUT2D eigenvalue weighted by Gasteiger charge is -2.58. The van der Waals surface area contributed by atoms with Crippen LogP contribution in [0.4, 0.5) is 0 Å². The summed E-state index contributed by atoms with van der Waals surface area (Å²) in [5, 5.41) is 10.7. The maximum atomic E-state index is 13.0. The summed E-state index contributed by atoms with van der Waals surface area (Å²) in [5.41, 5.74) is 2.76. The zero-order chi connectivity index (χ0) is 35.2. The van der Waals surface area contributed by atoms with Gasteiger partial charge in [-0.2, -0.15) is 0 Å². The number of ether oxygens (including phenoxy) is 2. The van der Waals surface area contributed by atoms with Crippen molar-refractivity contribution in [2.24, 2.45) is 46.3 Å². The van der Waals surface area contributed by atoms with Gasteiger partial charge in [0.25, 0.3) is 0 Å². The molecule has 0 unspecified atom stereocenters. The molecule has 268 valence electrons. The summed E-state index contributed by atoms with van der Waals surface area (Å²) in [6, 6.07) is 13.6. The number of fused-ring (bicyclic) bond motifs is 6. The van der Waals surface area contributed by atoms with Crippen LogP contribution in [-0.4, -0.2) is 23.8 Å². The first-order valence-electron chi connectivity index (χ1n) is 19.3. The van der Waals surface area contributed by atoms with Gasteiger partial charge in [-0.05, 0) is 91.3 Å². The van der Waals surface area contributed by atoms with Crippen molar-refractivity contribution in [3.8, 4) is 22.8 Å². The van der Waals surface area contributed by atoms with Gasteiger partial charge < -0.3 is 19.0 Å². The predicted octanol–water partition coefficient (Wildman–Crippen LogP) is 10.5. The molecule has 0 amide bonds. The summed E-state index contributed by atoms with van der Waals surface area (Å²) in [7, 11) is 0. The molecule has 4 aliphatic carbocycles. The molecule has 6 heteroatoms. The Morgan fingerprint density at radius 1 is 0.980 bits per heavy atom. The third-order valence-corrected chi connectivity index (χ3v) is 13.8. The molecule has 1 N–H and O–H groups in total. The van der Waals surface area contributed by atoms with Gasteiger partial charge in [0.1, 0.15) is 34.3 Å². The lowest BCUT2D eigenvalue weighted by atomic mass is 9.47. The molecule has 4 aliphatic rings. The minimum absolute atomic E-state index is 0.0786. The summed E-state index contributed by atoms with van der Waals surface area (Å²) in [5.74, 6) is 4.75. The van der Waals surface area contributed by atoms with Crippen molar-refractivity contribution in [3.63, 3.8) is 0 Å². The predicted molar refractivity (Wildman–Crippen MR) is 198 cm³/mol. The van der Waals surface area contributed by atoms with E-state index in [9.17, 15) is 14.7 Å². The van der Waals surface area contributed by atoms with Crippen molar-refractivity contribution in [1.82, 2.24) is 0 Å². The summed E-state index contributed by atoms with van der Waals surface area (Å²) < 4.78 is 17.7. The smallest absolute Gasteiger partial charge is 0.344 e. The van der Waals surface area contributed by atoms with Crippen LogP contribution in [0, 0.1) is 46.3 Å². The van der Waals surface area contributed by atoms with Crippen LogP contribution in [0.15, 0.2) is 69.4 Å². The van der Waals surface area contributed by atoms with Crippen LogP contribution < -0.4 is 10.2 Å². The zero-order valence-corrected chi connectivity index (χ0v) is 30.7. The van der Waals surface area contributed by atoms with E-state index in [-0.39, 0.29) is 46.0 Å². The van der Waals surface area contributed by atoms with Crippen molar-refractivity contribution in [2.75, 3.05) is 6.61 Å². The Morgan fingerprint density at radius 2 is 1.78 bits per heavy atom. The monoisotopic (exact) mass is 680 g/mol. The molecule has 0 radical (unpaired) electrons. The second-order valence-corrected chi connectivity index (χ2v) is 17.1. The minimum Gasteiger partial charge on any atom is -0.507 e. The van der Waals surface area contributed by atoms with Crippen molar-refractivity contribution in [2.45, 2.75) is 111 Å². The lowest BCUT2D eigenvalue weighted by Crippen LogP contribution is -2.51. The first kappa shape index (κ1) is 34.9. The van der Waals surface area contributed by atoms with E-state index in [0.717, 1.165) is 60.3 Å². The fraction of sp³-hybridized carbons (Fsp3) is 0.591. The van der Waals surface area contributed by atoms with Gasteiger partial charge in [-0.1, -0.05) is 95.9 Å². The van der Waals surface area contributed by atoms with Crippen molar-refractivity contribution >= 4 is 16.9 Å². The van der Waals surface area contributed by atoms with Crippen LogP contribution in [-0.2, 0) is 9.53 Å². The third-order valence-electron chi connectivity index (χ3n) is 13.8. The highest BCUT2D eigenvalue weighted by molar-refractivity contribution is 5.86. The maximum Gasteiger partial charge on any atom is 0.344 e. The van der Waals surface area contributed by atoms with Gasteiger partial charge in [0.05, 0.1) is 0 Å². The highest BCUT2D eigenvalue weighted by Gasteiger charge is 2.59. The van der Waals surface area contributed by atoms with Crippen LogP contribution >= 0.6 is 0 Å². The average Bonchev–Trinajstić information content (AvgIpc) is 3.44. The molecule has 1 aromatic heterocycles. The van der Waals surface area contributed by atoms with E-state index < -0.39 is 5.97 Å². The Bertz CT molecular complexity index is 1790. The molecule has 7 rings (SSSR count). The van der Waals surface area contributed by atoms with Crippen molar-refractivity contribution in [1.29, 1.82) is 0 Å². The van der Waals surface area contributed by atoms with Crippen LogP contribution in [0.1, 0.15) is 105 Å². The maximum absolute atomic E-state index is 13.0. The molecule has 0 spiro atoms. The van der Waals surface area contributed by atoms with Gasteiger partial charge in [-0.25, -0.2) is 4.79 Å². The number of carbonyl (C=O) groups excluding carboxylic acids is 1. The molecule has 3 aromatic rings. The largest absolute Gasteiger partial charge is 0.507 e. The molecule has 50 heavy (non-hydrogen) atoms. The molecule has 2 aromatic carbocycles. The Hall–Kier alpha value is -3.54. The first-order chi connectivity index (χ1) is 24.0. The average molecular weight is 681 g/mol. The highest BCUT2D eigenvalue weighted by Crippen LogP contribution is 2.67. The summed E-state index contributed by atoms with van der Waals surface area (Å²) in [6.45, 7) is 12.1. The fourth-order valence-corrected chi connectivity index (χ4v) is 11.2. The lowest BCUT2D eigenvalue weighted by molar-refractivity contribution is -0.153. The van der Waals surface area contributed by atoms with Crippen molar-refractivity contribution in [3.05, 3.63) is 70.4 Å². The SMILES string of the molecule is CC(C)CCC[C@@H](C)[C@H]1CC[C@@H]2[C@H]3CC=C4C[C@@H](OC(=O)COc5cc(O)c6c(=O)cc(-c7ccccc7)oc6c5)CC[C@]4(C)[C@H]3CC[C@@]21C. The highest BCUT2D eigenvalue weighted by atomic mass is 16.6. The van der Waals surface area contributed by atoms with Gasteiger partial charge in [0.2, 0.25) is 0 Å². The van der Waals surface area contributed by atoms with Gasteiger partial charge in [-0.3, -0.25) is 4.79 Å². The van der Waals surface area contributed by atoms with E-state index in [1.54, 1.807) is 6.07 Å². The van der Waals surface area contributed by atoms with Crippen LogP contribution in [0.5, 0.6) is 11.5 Å². The van der Waals surface area contributed by atoms with E-state index in [2.05, 4.69) is 40.7 Å². The molecule has 0 bridgehead atoms. The molecule has 6 nitrogen and oxygen atoms in total. The number of rotatable bonds is 10. The Labute approximate surface area is 297 Å². The number of carbonyl (C=O) groups is 1. The summed E-state index contributed by atoms with van der Waals surface area (Å²) in [6.07, 6.45) is 15.8. The Kier molecular flexibility index (Phi) is 9.69. The van der Waals surface area contributed by atoms with E-state index in [1.807, 2.05) is 30.3 Å². The molecular weight excluding hydrogens is 624 g/mol. The first-order valence-corrected chi connectivity index (χ1v) is 19.3. The van der Waals surface area contributed by atoms with E-state index in [0.29, 0.717) is 11.2 Å². The minimum atomic E-state index is -0.431. The van der Waals surface area contributed by atoms with Gasteiger partial charge in [0, 0.05) is 30.2 Å². The second kappa shape index (κ2) is 13.9. The Balaban J connectivity index is 0.970. The molecular formula is C44H56O6. The number of phenols is 1. The molecule has 0 aliphatic heterocycles. The molecule has 0 saturated heterocycles. The normalized spacial score (nSPS) is 31.0. The molecule has 8 atom stereocenters. The zero-order valence-electron chi connectivity index (χ0n) is 30.7. The third kappa shape index (κ3) is 6.52. The second-order valence-electron chi connectivity index (χ2n) is 17.1. The molecule has 3 saturated carbocycles. The fourth-order valence-electron chi connectivity index (χ4n) is 11.2. The van der Waals surface area contributed by atoms with Gasteiger partial charge in [0.15, 0.2) is 12.0 Å². The summed E-state index contributed by atoms with van der Waals surface area (Å²) in [4.78, 5) is 25.8. The number of aromatic hydroxyl groups is 1. The van der Waals surface area contributed by atoms with E-state index >= 15 is 0 Å². The number of hydrogen-bond donors (Lipinski definition) is 1. The quantitative estimate of drug-likeness (QED) is 0.169. The molecule has 1 heterocycles. The number of allylic oxidation sites excluding steroid dienone is 1. The number of phenolic OH excluding ortho intramolecular Hbond substituents is 1. The van der Waals surface area contributed by atoms with Crippen LogP contribution in [0.3, 0.4) is 0 Å². The standard InChI is InChI=1S/C44H56O6/c1-27(2)10-9-11-28(3)34-16-17-35-33-15-14-30-22-31(18-20-43(30,4)36(33)19-21-44(34,35)5)49-41(47)26-48-32-23-37(45)42-38(46)25-39(50-40(42)24-32)29-12-7-6-8-13-29/h6-8,12-14,23-25,27-28,31,33-36,45H,9-11,15-22,26H2,1-5H3/t28-,31+,33-,34-,35-,36+,43+,44-/m1/s1. The van der Waals surface area contributed by atoms with Gasteiger partial charge >= 0.3 is 5.97 Å². The van der Waals surface area contributed by atoms with Crippen LogP contribution in [0.25, 0.3) is 22.3 Å².